The average Bonchev–Trinajstić information content (AvgIpc) is 2.49. The summed E-state index contributed by atoms with van der Waals surface area (Å²) in [5.41, 5.74) is 0.150. The predicted octanol–water partition coefficient (Wildman–Crippen LogP) is 1.81. The fourth-order valence-electron chi connectivity index (χ4n) is 3.04. The van der Waals surface area contributed by atoms with Gasteiger partial charge >= 0.3 is 5.91 Å². The van der Waals surface area contributed by atoms with E-state index >= 15 is 0 Å². The maximum atomic E-state index is 12.2. The van der Waals surface area contributed by atoms with Gasteiger partial charge in [0.2, 0.25) is 0 Å². The zero-order valence-corrected chi connectivity index (χ0v) is 13.8. The fourth-order valence-corrected chi connectivity index (χ4v) is 3.04. The van der Waals surface area contributed by atoms with E-state index in [1.54, 1.807) is 18.2 Å². The van der Waals surface area contributed by atoms with Crippen LogP contribution in [0.3, 0.4) is 0 Å². The van der Waals surface area contributed by atoms with Crippen molar-refractivity contribution in [2.24, 2.45) is 11.8 Å². The number of hydrogen-bond acceptors (Lipinski definition) is 3. The summed E-state index contributed by atoms with van der Waals surface area (Å²) in [5, 5.41) is 14.6. The van der Waals surface area contributed by atoms with Gasteiger partial charge in [-0.2, -0.15) is 4.73 Å². The molecule has 0 unspecified atom stereocenters. The molecule has 2 heterocycles. The van der Waals surface area contributed by atoms with Gasteiger partial charge in [0.25, 0.3) is 5.69 Å². The second-order valence-electron chi connectivity index (χ2n) is 6.65. The van der Waals surface area contributed by atoms with Crippen LogP contribution in [0.15, 0.2) is 24.4 Å². The highest BCUT2D eigenvalue weighted by atomic mass is 16.5. The minimum atomic E-state index is -0.299. The summed E-state index contributed by atoms with van der Waals surface area (Å²) in [5.74, 6) is 0.956. The highest BCUT2D eigenvalue weighted by Gasteiger charge is 2.26. The lowest BCUT2D eigenvalue weighted by molar-refractivity contribution is -0.607. The van der Waals surface area contributed by atoms with Crippen molar-refractivity contribution in [2.75, 3.05) is 19.6 Å². The van der Waals surface area contributed by atoms with Crippen molar-refractivity contribution in [2.45, 2.75) is 39.7 Å². The molecule has 1 aliphatic heterocycles. The van der Waals surface area contributed by atoms with Gasteiger partial charge in [-0.25, -0.2) is 0 Å². The van der Waals surface area contributed by atoms with Gasteiger partial charge in [0.1, 0.15) is 0 Å². The second-order valence-corrected chi connectivity index (χ2v) is 6.65. The normalized spacial score (nSPS) is 18.4. The summed E-state index contributed by atoms with van der Waals surface area (Å²) in [4.78, 5) is 14.7. The lowest BCUT2D eigenvalue weighted by Crippen LogP contribution is -2.50. The maximum absolute atomic E-state index is 12.2. The van der Waals surface area contributed by atoms with Crippen molar-refractivity contribution >= 4 is 5.91 Å². The Morgan fingerprint density at radius 2 is 2.09 bits per heavy atom. The van der Waals surface area contributed by atoms with Crippen LogP contribution >= 0.6 is 0 Å². The minimum Gasteiger partial charge on any atom is -0.618 e. The monoisotopic (exact) mass is 305 g/mol. The number of amides is 1. The summed E-state index contributed by atoms with van der Waals surface area (Å²) < 4.78 is 0.613. The van der Waals surface area contributed by atoms with Crippen molar-refractivity contribution in [1.82, 2.24) is 10.2 Å². The number of carbonyl (C=O) groups excluding carboxylic acids is 1. The molecule has 2 rings (SSSR count). The van der Waals surface area contributed by atoms with E-state index in [0.29, 0.717) is 23.2 Å². The molecular formula is C17H27N3O2. The number of aromatic nitrogens is 1. The number of hydrogen-bond donors (Lipinski definition) is 1. The van der Waals surface area contributed by atoms with Crippen LogP contribution in [0.25, 0.3) is 0 Å². The van der Waals surface area contributed by atoms with Crippen LogP contribution in [0.4, 0.5) is 0 Å². The molecule has 22 heavy (non-hydrogen) atoms. The zero-order valence-electron chi connectivity index (χ0n) is 13.8. The fraction of sp³-hybridized carbons (Fsp3) is 0.647. The van der Waals surface area contributed by atoms with Crippen LogP contribution in [0.2, 0.25) is 0 Å². The molecule has 1 atom stereocenters. The molecule has 1 fully saturated rings. The molecule has 0 spiro atoms. The lowest BCUT2D eigenvalue weighted by atomic mass is 9.94. The molecular weight excluding hydrogens is 278 g/mol. The quantitative estimate of drug-likeness (QED) is 0.666. The minimum absolute atomic E-state index is 0.150. The SMILES string of the molecule is CC1CCN([C@H](CNC(=O)c2cccc[n+]2[O-])C(C)C)CC1. The van der Waals surface area contributed by atoms with Crippen LogP contribution in [-0.4, -0.2) is 36.5 Å². The molecule has 1 saturated heterocycles. The largest absolute Gasteiger partial charge is 0.618 e. The van der Waals surface area contributed by atoms with Crippen LogP contribution < -0.4 is 10.0 Å². The Bertz CT molecular complexity index is 496. The molecule has 0 aliphatic carbocycles. The number of nitrogens with one attached hydrogen (secondary N) is 1. The number of pyridine rings is 1. The first-order valence-corrected chi connectivity index (χ1v) is 8.19. The third-order valence-corrected chi connectivity index (χ3v) is 4.59. The average molecular weight is 305 g/mol. The topological polar surface area (TPSA) is 59.3 Å². The molecule has 5 heteroatoms. The standard InChI is InChI=1S/C17H27N3O2/c1-13(2)16(19-10-7-14(3)8-11-19)12-18-17(21)15-6-4-5-9-20(15)22/h4-6,9,13-14,16H,7-8,10-12H2,1-3H3,(H,18,21)/t16-/m1/s1. The molecule has 1 amide bonds. The smallest absolute Gasteiger partial charge is 0.317 e. The van der Waals surface area contributed by atoms with Crippen LogP contribution in [0, 0.1) is 17.0 Å². The van der Waals surface area contributed by atoms with E-state index in [9.17, 15) is 10.0 Å². The van der Waals surface area contributed by atoms with Crippen LogP contribution in [0.1, 0.15) is 44.1 Å². The van der Waals surface area contributed by atoms with E-state index in [1.165, 1.54) is 19.0 Å². The van der Waals surface area contributed by atoms with Gasteiger partial charge in [0.15, 0.2) is 6.20 Å². The Morgan fingerprint density at radius 1 is 1.41 bits per heavy atom. The van der Waals surface area contributed by atoms with Gasteiger partial charge in [0, 0.05) is 24.7 Å². The van der Waals surface area contributed by atoms with E-state index in [0.717, 1.165) is 19.0 Å². The van der Waals surface area contributed by atoms with E-state index in [-0.39, 0.29) is 11.6 Å². The summed E-state index contributed by atoms with van der Waals surface area (Å²) in [6.07, 6.45) is 3.79. The van der Waals surface area contributed by atoms with Crippen molar-refractivity contribution in [1.29, 1.82) is 0 Å². The van der Waals surface area contributed by atoms with Crippen molar-refractivity contribution in [3.8, 4) is 0 Å². The number of carbonyl (C=O) groups is 1. The van der Waals surface area contributed by atoms with Crippen LogP contribution in [0.5, 0.6) is 0 Å². The molecule has 0 aromatic carbocycles. The van der Waals surface area contributed by atoms with Gasteiger partial charge in [-0.15, -0.1) is 0 Å². The molecule has 1 N–H and O–H groups in total. The molecule has 0 saturated carbocycles. The molecule has 1 aliphatic rings. The highest BCUT2D eigenvalue weighted by molar-refractivity contribution is 5.90. The molecule has 122 valence electrons. The first kappa shape index (κ1) is 16.7. The molecule has 1 aromatic rings. The number of piperidine rings is 1. The summed E-state index contributed by atoms with van der Waals surface area (Å²) in [7, 11) is 0. The van der Waals surface area contributed by atoms with E-state index in [4.69, 9.17) is 0 Å². The first-order valence-electron chi connectivity index (χ1n) is 8.19. The molecule has 5 nitrogen and oxygen atoms in total. The Kier molecular flexibility index (Phi) is 5.77. The number of likely N-dealkylation sites (tertiary alicyclic amines) is 1. The third kappa shape index (κ3) is 4.19. The zero-order chi connectivity index (χ0) is 16.1. The Balaban J connectivity index is 1.94. The second kappa shape index (κ2) is 7.58. The lowest BCUT2D eigenvalue weighted by Gasteiger charge is -2.38. The van der Waals surface area contributed by atoms with Crippen LogP contribution in [-0.2, 0) is 0 Å². The number of nitrogens with zero attached hydrogens (tertiary/aromatic N) is 2. The van der Waals surface area contributed by atoms with Crippen molar-refractivity contribution in [3.63, 3.8) is 0 Å². The third-order valence-electron chi connectivity index (χ3n) is 4.59. The Labute approximate surface area is 132 Å². The Hall–Kier alpha value is -1.62. The molecule has 0 bridgehead atoms. The van der Waals surface area contributed by atoms with Crippen molar-refractivity contribution < 1.29 is 9.52 Å². The highest BCUT2D eigenvalue weighted by Crippen LogP contribution is 2.21. The van der Waals surface area contributed by atoms with Crippen molar-refractivity contribution in [3.05, 3.63) is 35.3 Å². The summed E-state index contributed by atoms with van der Waals surface area (Å²) in [6.45, 7) is 9.43. The van der Waals surface area contributed by atoms with Gasteiger partial charge in [-0.3, -0.25) is 9.69 Å². The summed E-state index contributed by atoms with van der Waals surface area (Å²) >= 11 is 0. The van der Waals surface area contributed by atoms with Gasteiger partial charge in [0.05, 0.1) is 0 Å². The number of rotatable bonds is 5. The summed E-state index contributed by atoms with van der Waals surface area (Å²) in [6, 6.07) is 5.19. The Morgan fingerprint density at radius 3 is 2.68 bits per heavy atom. The first-order chi connectivity index (χ1) is 10.5. The van der Waals surface area contributed by atoms with Gasteiger partial charge in [-0.05, 0) is 43.8 Å². The van der Waals surface area contributed by atoms with E-state index in [1.807, 2.05) is 0 Å². The van der Waals surface area contributed by atoms with Gasteiger partial charge < -0.3 is 10.5 Å². The molecule has 1 aromatic heterocycles. The molecule has 0 radical (unpaired) electrons. The van der Waals surface area contributed by atoms with E-state index in [2.05, 4.69) is 31.0 Å². The predicted molar refractivity (Wildman–Crippen MR) is 86.3 cm³/mol. The maximum Gasteiger partial charge on any atom is 0.317 e. The van der Waals surface area contributed by atoms with Gasteiger partial charge in [-0.1, -0.05) is 20.8 Å². The van der Waals surface area contributed by atoms with E-state index < -0.39 is 0 Å².